The molecule has 23 heavy (non-hydrogen) atoms. The predicted molar refractivity (Wildman–Crippen MR) is 84.2 cm³/mol. The first-order valence-corrected chi connectivity index (χ1v) is 6.78. The second-order valence-electron chi connectivity index (χ2n) is 4.59. The Kier molecular flexibility index (Phi) is 4.95. The van der Waals surface area contributed by atoms with Crippen molar-refractivity contribution in [3.8, 4) is 28.7 Å². The highest BCUT2D eigenvalue weighted by Gasteiger charge is 2.25. The Morgan fingerprint density at radius 3 is 1.91 bits per heavy atom. The number of ketones is 1. The SMILES string of the molecule is COc1cc(OC)c(C(=O)c2cccc(OC)c2O)c(OC)c1. The minimum absolute atomic E-state index is 0.0890. The van der Waals surface area contributed by atoms with Crippen LogP contribution in [0.1, 0.15) is 15.9 Å². The Morgan fingerprint density at radius 1 is 0.870 bits per heavy atom. The number of methoxy groups -OCH3 is 4. The number of para-hydroxylation sites is 1. The average Bonchev–Trinajstić information content (AvgIpc) is 2.59. The Morgan fingerprint density at radius 2 is 1.43 bits per heavy atom. The van der Waals surface area contributed by atoms with E-state index in [-0.39, 0.29) is 34.1 Å². The topological polar surface area (TPSA) is 74.2 Å². The summed E-state index contributed by atoms with van der Waals surface area (Å²) in [6.07, 6.45) is 0. The quantitative estimate of drug-likeness (QED) is 0.825. The van der Waals surface area contributed by atoms with Crippen LogP contribution in [-0.2, 0) is 0 Å². The number of ether oxygens (including phenoxy) is 4. The lowest BCUT2D eigenvalue weighted by atomic mass is 10.00. The molecule has 0 saturated heterocycles. The molecule has 0 amide bonds. The molecule has 0 aromatic heterocycles. The van der Waals surface area contributed by atoms with Gasteiger partial charge in [0, 0.05) is 12.1 Å². The van der Waals surface area contributed by atoms with Gasteiger partial charge in [-0.3, -0.25) is 4.79 Å². The van der Waals surface area contributed by atoms with Crippen LogP contribution in [0.2, 0.25) is 0 Å². The second kappa shape index (κ2) is 6.91. The van der Waals surface area contributed by atoms with Crippen molar-refractivity contribution in [3.05, 3.63) is 41.5 Å². The van der Waals surface area contributed by atoms with Crippen LogP contribution in [0.15, 0.2) is 30.3 Å². The van der Waals surface area contributed by atoms with Crippen LogP contribution in [-0.4, -0.2) is 39.3 Å². The van der Waals surface area contributed by atoms with Crippen molar-refractivity contribution in [2.75, 3.05) is 28.4 Å². The first-order chi connectivity index (χ1) is 11.1. The van der Waals surface area contributed by atoms with Gasteiger partial charge >= 0.3 is 0 Å². The first kappa shape index (κ1) is 16.5. The van der Waals surface area contributed by atoms with E-state index in [4.69, 9.17) is 18.9 Å². The van der Waals surface area contributed by atoms with E-state index in [1.165, 1.54) is 34.5 Å². The van der Waals surface area contributed by atoms with Gasteiger partial charge in [-0.25, -0.2) is 0 Å². The Bertz CT molecular complexity index is 698. The molecule has 0 aliphatic heterocycles. The molecule has 2 aromatic carbocycles. The van der Waals surface area contributed by atoms with Crippen LogP contribution in [0.5, 0.6) is 28.7 Å². The first-order valence-electron chi connectivity index (χ1n) is 6.78. The number of carbonyl (C=O) groups is 1. The number of rotatable bonds is 6. The van der Waals surface area contributed by atoms with Gasteiger partial charge in [-0.05, 0) is 12.1 Å². The van der Waals surface area contributed by atoms with Gasteiger partial charge in [0.05, 0.1) is 34.0 Å². The van der Waals surface area contributed by atoms with Gasteiger partial charge in [-0.15, -0.1) is 0 Å². The van der Waals surface area contributed by atoms with Crippen LogP contribution >= 0.6 is 0 Å². The smallest absolute Gasteiger partial charge is 0.204 e. The number of benzene rings is 2. The zero-order valence-corrected chi connectivity index (χ0v) is 13.4. The fourth-order valence-corrected chi connectivity index (χ4v) is 2.23. The fraction of sp³-hybridized carbons (Fsp3) is 0.235. The molecule has 122 valence electrons. The molecule has 0 aliphatic rings. The van der Waals surface area contributed by atoms with Crippen LogP contribution in [0, 0.1) is 0 Å². The number of hydrogen-bond acceptors (Lipinski definition) is 6. The van der Waals surface area contributed by atoms with E-state index >= 15 is 0 Å². The van der Waals surface area contributed by atoms with Gasteiger partial charge in [0.25, 0.3) is 0 Å². The van der Waals surface area contributed by atoms with Gasteiger partial charge in [-0.2, -0.15) is 0 Å². The molecule has 0 spiro atoms. The van der Waals surface area contributed by atoms with Crippen molar-refractivity contribution in [2.45, 2.75) is 0 Å². The summed E-state index contributed by atoms with van der Waals surface area (Å²) in [6, 6.07) is 7.84. The Balaban J connectivity index is 2.64. The van der Waals surface area contributed by atoms with Crippen molar-refractivity contribution in [2.24, 2.45) is 0 Å². The minimum Gasteiger partial charge on any atom is -0.504 e. The summed E-state index contributed by atoms with van der Waals surface area (Å²) in [6.45, 7) is 0. The number of aromatic hydroxyl groups is 1. The highest BCUT2D eigenvalue weighted by atomic mass is 16.5. The highest BCUT2D eigenvalue weighted by Crippen LogP contribution is 2.38. The van der Waals surface area contributed by atoms with Gasteiger partial charge in [-0.1, -0.05) is 6.07 Å². The predicted octanol–water partition coefficient (Wildman–Crippen LogP) is 2.66. The lowest BCUT2D eigenvalue weighted by molar-refractivity contribution is 0.103. The van der Waals surface area contributed by atoms with Gasteiger partial charge in [0.2, 0.25) is 5.78 Å². The summed E-state index contributed by atoms with van der Waals surface area (Å²) in [5.74, 6) is 0.590. The summed E-state index contributed by atoms with van der Waals surface area (Å²) in [5.41, 5.74) is 0.283. The van der Waals surface area contributed by atoms with E-state index in [0.717, 1.165) is 0 Å². The number of phenolic OH excluding ortho intramolecular Hbond substituents is 1. The third-order valence-corrected chi connectivity index (χ3v) is 3.41. The van der Waals surface area contributed by atoms with Crippen molar-refractivity contribution < 1.29 is 28.8 Å². The van der Waals surface area contributed by atoms with E-state index in [2.05, 4.69) is 0 Å². The summed E-state index contributed by atoms with van der Waals surface area (Å²) < 4.78 is 20.7. The monoisotopic (exact) mass is 318 g/mol. The van der Waals surface area contributed by atoms with Gasteiger partial charge < -0.3 is 24.1 Å². The summed E-state index contributed by atoms with van der Waals surface area (Å²) in [7, 11) is 5.80. The molecular formula is C17H18O6. The lowest BCUT2D eigenvalue weighted by Crippen LogP contribution is -2.08. The zero-order valence-electron chi connectivity index (χ0n) is 13.4. The molecule has 0 unspecified atom stereocenters. The third-order valence-electron chi connectivity index (χ3n) is 3.41. The average molecular weight is 318 g/mol. The molecule has 2 rings (SSSR count). The van der Waals surface area contributed by atoms with Crippen molar-refractivity contribution in [1.29, 1.82) is 0 Å². The standard InChI is InChI=1S/C17H18O6/c1-20-10-8-13(22-3)15(14(9-10)23-4)17(19)11-6-5-7-12(21-2)16(11)18/h5-9,18H,1-4H3. The largest absolute Gasteiger partial charge is 0.504 e. The molecule has 0 atom stereocenters. The van der Waals surface area contributed by atoms with E-state index < -0.39 is 5.78 Å². The Labute approximate surface area is 134 Å². The van der Waals surface area contributed by atoms with E-state index in [1.807, 2.05) is 0 Å². The fourth-order valence-electron chi connectivity index (χ4n) is 2.23. The third kappa shape index (κ3) is 3.01. The molecule has 2 aromatic rings. The Hall–Kier alpha value is -2.89. The van der Waals surface area contributed by atoms with Gasteiger partial charge in [0.1, 0.15) is 22.8 Å². The van der Waals surface area contributed by atoms with Crippen molar-refractivity contribution >= 4 is 5.78 Å². The van der Waals surface area contributed by atoms with Crippen LogP contribution in [0.25, 0.3) is 0 Å². The molecule has 0 radical (unpaired) electrons. The zero-order chi connectivity index (χ0) is 17.0. The molecule has 6 heteroatoms. The van der Waals surface area contributed by atoms with E-state index in [9.17, 15) is 9.90 Å². The minimum atomic E-state index is -0.447. The summed E-state index contributed by atoms with van der Waals surface area (Å²) in [5, 5.41) is 10.2. The molecule has 1 N–H and O–H groups in total. The summed E-state index contributed by atoms with van der Waals surface area (Å²) in [4.78, 5) is 12.9. The molecule has 0 heterocycles. The lowest BCUT2D eigenvalue weighted by Gasteiger charge is -2.15. The van der Waals surface area contributed by atoms with Crippen LogP contribution in [0.4, 0.5) is 0 Å². The van der Waals surface area contributed by atoms with E-state index in [0.29, 0.717) is 5.75 Å². The number of hydrogen-bond donors (Lipinski definition) is 1. The van der Waals surface area contributed by atoms with Crippen LogP contribution < -0.4 is 18.9 Å². The maximum atomic E-state index is 12.9. The molecule has 0 bridgehead atoms. The van der Waals surface area contributed by atoms with E-state index in [1.54, 1.807) is 24.3 Å². The number of carbonyl (C=O) groups excluding carboxylic acids is 1. The molecule has 0 fully saturated rings. The van der Waals surface area contributed by atoms with Crippen molar-refractivity contribution in [1.82, 2.24) is 0 Å². The maximum Gasteiger partial charge on any atom is 0.204 e. The van der Waals surface area contributed by atoms with Crippen molar-refractivity contribution in [3.63, 3.8) is 0 Å². The summed E-state index contributed by atoms with van der Waals surface area (Å²) >= 11 is 0. The molecule has 0 aliphatic carbocycles. The normalized spacial score (nSPS) is 10.1. The van der Waals surface area contributed by atoms with Gasteiger partial charge in [0.15, 0.2) is 11.5 Å². The number of phenols is 1. The maximum absolute atomic E-state index is 12.9. The molecular weight excluding hydrogens is 300 g/mol. The second-order valence-corrected chi connectivity index (χ2v) is 4.59. The molecule has 6 nitrogen and oxygen atoms in total. The van der Waals surface area contributed by atoms with Crippen LogP contribution in [0.3, 0.4) is 0 Å². The highest BCUT2D eigenvalue weighted by molar-refractivity contribution is 6.14. The molecule has 0 saturated carbocycles.